The average molecular weight is 245 g/mol. The number of amides is 2. The van der Waals surface area contributed by atoms with Gasteiger partial charge in [0.05, 0.1) is 0 Å². The van der Waals surface area contributed by atoms with E-state index in [1.54, 1.807) is 0 Å². The summed E-state index contributed by atoms with van der Waals surface area (Å²) in [5.74, 6) is 0. The van der Waals surface area contributed by atoms with Crippen LogP contribution in [0.25, 0.3) is 0 Å². The number of hydrogen-bond acceptors (Lipinski definition) is 2. The Morgan fingerprint density at radius 2 is 1.82 bits per heavy atom. The maximum Gasteiger partial charge on any atom is 0.273 e. The van der Waals surface area contributed by atoms with E-state index < -0.39 is 10.5 Å². The van der Waals surface area contributed by atoms with Crippen LogP contribution in [0.5, 0.6) is 0 Å². The van der Waals surface area contributed by atoms with Crippen molar-refractivity contribution in [1.29, 1.82) is 0 Å². The van der Waals surface area contributed by atoms with E-state index in [2.05, 4.69) is 35.9 Å². The molecule has 0 aliphatic carbocycles. The van der Waals surface area contributed by atoms with Crippen LogP contribution in [-0.2, 0) is 19.5 Å². The molecular weight excluding hydrogens is 238 g/mol. The molecule has 0 atom stereocenters. The first-order valence-electron chi connectivity index (χ1n) is 2.41. The van der Waals surface area contributed by atoms with Crippen LogP contribution >= 0.6 is 25.3 Å². The Labute approximate surface area is 88.5 Å². The second-order valence-electron chi connectivity index (χ2n) is 1.34. The number of rotatable bonds is 3. The minimum Gasteiger partial charge on any atom is -0.495 e. The fourth-order valence-corrected chi connectivity index (χ4v) is 0.459. The number of thiol groups is 2. The van der Waals surface area contributed by atoms with E-state index >= 15 is 0 Å². The molecule has 0 aliphatic rings. The Morgan fingerprint density at radius 1 is 1.27 bits per heavy atom. The maximum absolute atomic E-state index is 10.1. The van der Waals surface area contributed by atoms with E-state index in [0.29, 0.717) is 0 Å². The molecular formula is C4H7N2O2S2Zn-. The molecule has 0 heterocycles. The van der Waals surface area contributed by atoms with Gasteiger partial charge in [-0.2, -0.15) is 0 Å². The largest absolute Gasteiger partial charge is 0.495 e. The molecule has 11 heavy (non-hydrogen) atoms. The van der Waals surface area contributed by atoms with E-state index in [-0.39, 0.29) is 26.0 Å². The molecule has 4 nitrogen and oxygen atoms in total. The van der Waals surface area contributed by atoms with Crippen LogP contribution in [0.1, 0.15) is 0 Å². The minimum atomic E-state index is -0.464. The quantitative estimate of drug-likeness (QED) is 0.252. The molecule has 2 amide bonds. The number of nitrogens with one attached hydrogen (secondary N) is 2. The molecule has 0 bridgehead atoms. The van der Waals surface area contributed by atoms with Gasteiger partial charge in [0.15, 0.2) is 0 Å². The van der Waals surface area contributed by atoms with Gasteiger partial charge in [-0.1, -0.05) is 31.8 Å². The standard InChI is InChI=1S/C4H7N2O2S2.Zn/c7-3(9)5-1-2-6-4(8)10;/h1H,2H2,(H2,5,7,9)(H2,6,8,10);/q-1;. The van der Waals surface area contributed by atoms with E-state index in [0.717, 1.165) is 0 Å². The molecule has 60 valence electrons. The summed E-state index contributed by atoms with van der Waals surface area (Å²) in [4.78, 5) is 20.2. The van der Waals surface area contributed by atoms with Crippen LogP contribution in [0, 0.1) is 6.54 Å². The van der Waals surface area contributed by atoms with E-state index in [4.69, 9.17) is 0 Å². The number of carbonyl (C=O) groups is 2. The van der Waals surface area contributed by atoms with Gasteiger partial charge in [-0.3, -0.25) is 9.59 Å². The molecule has 0 radical (unpaired) electrons. The first kappa shape index (κ1) is 13.8. The molecule has 2 N–H and O–H groups in total. The van der Waals surface area contributed by atoms with Gasteiger partial charge in [-0.15, -0.1) is 0 Å². The van der Waals surface area contributed by atoms with Crippen molar-refractivity contribution >= 4 is 35.7 Å². The predicted octanol–water partition coefficient (Wildman–Crippen LogP) is 0.424. The molecule has 0 aromatic carbocycles. The zero-order valence-electron chi connectivity index (χ0n) is 5.70. The van der Waals surface area contributed by atoms with E-state index in [1.807, 2.05) is 0 Å². The first-order valence-corrected chi connectivity index (χ1v) is 3.30. The SMILES string of the molecule is O=C(S)N[CH-]CNC(=O)S.[Zn]. The van der Waals surface area contributed by atoms with Crippen molar-refractivity contribution in [3.63, 3.8) is 0 Å². The van der Waals surface area contributed by atoms with Gasteiger partial charge in [0.25, 0.3) is 5.24 Å². The second-order valence-corrected chi connectivity index (χ2v) is 2.15. The summed E-state index contributed by atoms with van der Waals surface area (Å²) in [6, 6.07) is 0. The Hall–Kier alpha value is 0.263. The number of hydrogen-bond donors (Lipinski definition) is 4. The van der Waals surface area contributed by atoms with Crippen molar-refractivity contribution in [3.05, 3.63) is 6.54 Å². The van der Waals surface area contributed by atoms with Gasteiger partial charge in [0, 0.05) is 19.5 Å². The molecule has 0 rings (SSSR count). The minimum absolute atomic E-state index is 0. The normalized spacial score (nSPS) is 7.82. The van der Waals surface area contributed by atoms with E-state index in [9.17, 15) is 9.59 Å². The third-order valence-corrected chi connectivity index (χ3v) is 0.868. The summed E-state index contributed by atoms with van der Waals surface area (Å²) < 4.78 is 0. The molecule has 0 spiro atoms. The van der Waals surface area contributed by atoms with Crippen LogP contribution in [-0.4, -0.2) is 17.0 Å². The number of carbonyl (C=O) groups excluding carboxylic acids is 2. The summed E-state index contributed by atoms with van der Waals surface area (Å²) in [6.45, 7) is 1.61. The van der Waals surface area contributed by atoms with Gasteiger partial charge >= 0.3 is 0 Å². The third kappa shape index (κ3) is 13.3. The predicted molar refractivity (Wildman–Crippen MR) is 44.2 cm³/mol. The molecule has 0 saturated heterocycles. The van der Waals surface area contributed by atoms with Crippen LogP contribution in [0.3, 0.4) is 0 Å². The Morgan fingerprint density at radius 3 is 2.18 bits per heavy atom. The molecule has 0 unspecified atom stereocenters. The van der Waals surface area contributed by atoms with Crippen molar-refractivity contribution < 1.29 is 29.1 Å². The Balaban J connectivity index is 0. The summed E-state index contributed by atoms with van der Waals surface area (Å²) in [5.41, 5.74) is 0. The second kappa shape index (κ2) is 8.36. The van der Waals surface area contributed by atoms with Gasteiger partial charge in [0.2, 0.25) is 5.24 Å². The van der Waals surface area contributed by atoms with Crippen molar-refractivity contribution in [3.8, 4) is 0 Å². The summed E-state index contributed by atoms with van der Waals surface area (Å²) in [6.07, 6.45) is 0. The maximum atomic E-state index is 10.1. The third-order valence-electron chi connectivity index (χ3n) is 0.581. The van der Waals surface area contributed by atoms with Gasteiger partial charge in [-0.25, -0.2) is 6.54 Å². The molecule has 0 saturated carbocycles. The molecule has 7 heteroatoms. The van der Waals surface area contributed by atoms with Crippen molar-refractivity contribution in [2.45, 2.75) is 0 Å². The fourth-order valence-electron chi connectivity index (χ4n) is 0.277. The summed E-state index contributed by atoms with van der Waals surface area (Å²) >= 11 is 6.83. The monoisotopic (exact) mass is 243 g/mol. The average Bonchev–Trinajstić information content (AvgIpc) is 1.79. The Bertz CT molecular complexity index is 128. The first-order chi connectivity index (χ1) is 4.63. The van der Waals surface area contributed by atoms with Crippen molar-refractivity contribution in [1.82, 2.24) is 10.6 Å². The van der Waals surface area contributed by atoms with Gasteiger partial charge in [-0.05, 0) is 0 Å². The van der Waals surface area contributed by atoms with Crippen molar-refractivity contribution in [2.24, 2.45) is 0 Å². The topological polar surface area (TPSA) is 58.2 Å². The zero-order chi connectivity index (χ0) is 7.98. The molecule has 0 aromatic heterocycles. The van der Waals surface area contributed by atoms with Crippen molar-refractivity contribution in [2.75, 3.05) is 6.54 Å². The summed E-state index contributed by atoms with van der Waals surface area (Å²) in [5, 5.41) is 3.67. The molecule has 0 aliphatic heterocycles. The molecule has 0 fully saturated rings. The fraction of sp³-hybridized carbons (Fsp3) is 0.250. The smallest absolute Gasteiger partial charge is 0.273 e. The van der Waals surface area contributed by atoms with Gasteiger partial charge < -0.3 is 10.6 Å². The summed E-state index contributed by atoms with van der Waals surface area (Å²) in [7, 11) is 0. The van der Waals surface area contributed by atoms with Crippen LogP contribution in [0.2, 0.25) is 0 Å². The zero-order valence-corrected chi connectivity index (χ0v) is 10.5. The Kier molecular flexibility index (Phi) is 10.5. The molecule has 0 aromatic rings. The van der Waals surface area contributed by atoms with E-state index in [1.165, 1.54) is 6.54 Å². The van der Waals surface area contributed by atoms with Crippen LogP contribution in [0.15, 0.2) is 0 Å². The van der Waals surface area contributed by atoms with Gasteiger partial charge in [0.1, 0.15) is 0 Å². The van der Waals surface area contributed by atoms with Crippen LogP contribution < -0.4 is 10.6 Å². The van der Waals surface area contributed by atoms with Crippen LogP contribution in [0.4, 0.5) is 9.59 Å².